The van der Waals surface area contributed by atoms with Crippen LogP contribution in [0.3, 0.4) is 0 Å². The van der Waals surface area contributed by atoms with Crippen molar-refractivity contribution in [3.8, 4) is 0 Å². The maximum atomic E-state index is 5.80. The van der Waals surface area contributed by atoms with Crippen LogP contribution in [0.5, 0.6) is 0 Å². The van der Waals surface area contributed by atoms with E-state index in [1.54, 1.807) is 0 Å². The summed E-state index contributed by atoms with van der Waals surface area (Å²) < 4.78 is 5.80. The number of ether oxygens (including phenoxy) is 1. The lowest BCUT2D eigenvalue weighted by Crippen LogP contribution is -2.39. The summed E-state index contributed by atoms with van der Waals surface area (Å²) in [6, 6.07) is 0. The quantitative estimate of drug-likeness (QED) is 0.730. The molecule has 3 heteroatoms. The van der Waals surface area contributed by atoms with Crippen molar-refractivity contribution in [1.29, 1.82) is 0 Å². The molecule has 2 aliphatic rings. The Bertz CT molecular complexity index is 190. The zero-order valence-electron chi connectivity index (χ0n) is 9.17. The van der Waals surface area contributed by atoms with Gasteiger partial charge in [0.25, 0.3) is 0 Å². The SMILES string of the molecule is CC1(CN2CCC(CN)C2)CCCO1. The van der Waals surface area contributed by atoms with Crippen molar-refractivity contribution in [3.05, 3.63) is 0 Å². The van der Waals surface area contributed by atoms with Crippen molar-refractivity contribution >= 4 is 0 Å². The Hall–Kier alpha value is -0.120. The van der Waals surface area contributed by atoms with Crippen LogP contribution in [-0.4, -0.2) is 43.3 Å². The number of nitrogens with zero attached hydrogens (tertiary/aromatic N) is 1. The summed E-state index contributed by atoms with van der Waals surface area (Å²) in [5.41, 5.74) is 5.81. The highest BCUT2D eigenvalue weighted by Crippen LogP contribution is 2.28. The molecule has 0 radical (unpaired) electrons. The molecular formula is C11H22N2O. The van der Waals surface area contributed by atoms with Gasteiger partial charge in [-0.1, -0.05) is 0 Å². The predicted molar refractivity (Wildman–Crippen MR) is 57.2 cm³/mol. The molecule has 2 atom stereocenters. The highest BCUT2D eigenvalue weighted by atomic mass is 16.5. The third-order valence-electron chi connectivity index (χ3n) is 3.56. The van der Waals surface area contributed by atoms with Crippen LogP contribution in [0.15, 0.2) is 0 Å². The lowest BCUT2D eigenvalue weighted by molar-refractivity contribution is -0.00462. The van der Waals surface area contributed by atoms with Gasteiger partial charge in [0.05, 0.1) is 5.60 Å². The first-order chi connectivity index (χ1) is 6.72. The number of likely N-dealkylation sites (tertiary alicyclic amines) is 1. The average Bonchev–Trinajstić information content (AvgIpc) is 2.75. The van der Waals surface area contributed by atoms with Gasteiger partial charge in [-0.05, 0) is 45.2 Å². The Morgan fingerprint density at radius 1 is 1.57 bits per heavy atom. The third-order valence-corrected chi connectivity index (χ3v) is 3.56. The maximum absolute atomic E-state index is 5.80. The van der Waals surface area contributed by atoms with E-state index in [4.69, 9.17) is 10.5 Å². The summed E-state index contributed by atoms with van der Waals surface area (Å²) in [6.07, 6.45) is 3.72. The molecule has 2 N–H and O–H groups in total. The van der Waals surface area contributed by atoms with Crippen molar-refractivity contribution in [2.75, 3.05) is 32.8 Å². The van der Waals surface area contributed by atoms with Crippen LogP contribution >= 0.6 is 0 Å². The van der Waals surface area contributed by atoms with Gasteiger partial charge in [0.15, 0.2) is 0 Å². The summed E-state index contributed by atoms with van der Waals surface area (Å²) in [5.74, 6) is 0.722. The van der Waals surface area contributed by atoms with Crippen molar-refractivity contribution in [3.63, 3.8) is 0 Å². The Labute approximate surface area is 86.6 Å². The Balaban J connectivity index is 1.80. The summed E-state index contributed by atoms with van der Waals surface area (Å²) >= 11 is 0. The summed E-state index contributed by atoms with van der Waals surface area (Å²) in [7, 11) is 0. The summed E-state index contributed by atoms with van der Waals surface area (Å²) in [5, 5.41) is 0. The molecule has 2 fully saturated rings. The van der Waals surface area contributed by atoms with Crippen LogP contribution in [0, 0.1) is 5.92 Å². The molecule has 2 aliphatic heterocycles. The predicted octanol–water partition coefficient (Wildman–Crippen LogP) is 0.836. The first kappa shape index (κ1) is 10.4. The molecule has 0 bridgehead atoms. The molecular weight excluding hydrogens is 176 g/mol. The molecule has 0 spiro atoms. The van der Waals surface area contributed by atoms with E-state index < -0.39 is 0 Å². The van der Waals surface area contributed by atoms with Gasteiger partial charge in [-0.2, -0.15) is 0 Å². The average molecular weight is 198 g/mol. The molecule has 0 saturated carbocycles. The second-order valence-corrected chi connectivity index (χ2v) is 5.03. The van der Waals surface area contributed by atoms with Crippen LogP contribution in [0.2, 0.25) is 0 Å². The molecule has 0 aromatic heterocycles. The number of hydrogen-bond donors (Lipinski definition) is 1. The molecule has 0 aromatic rings. The van der Waals surface area contributed by atoms with Crippen LogP contribution < -0.4 is 5.73 Å². The zero-order chi connectivity index (χ0) is 10.0. The molecule has 2 saturated heterocycles. The summed E-state index contributed by atoms with van der Waals surface area (Å²) in [4.78, 5) is 2.52. The molecule has 2 rings (SSSR count). The van der Waals surface area contributed by atoms with Gasteiger partial charge < -0.3 is 15.4 Å². The normalized spacial score (nSPS) is 39.4. The first-order valence-electron chi connectivity index (χ1n) is 5.78. The Kier molecular flexibility index (Phi) is 3.10. The standard InChI is InChI=1S/C11H22N2O/c1-11(4-2-6-14-11)9-13-5-3-10(7-12)8-13/h10H,2-9,12H2,1H3. The molecule has 14 heavy (non-hydrogen) atoms. The topological polar surface area (TPSA) is 38.5 Å². The molecule has 0 aliphatic carbocycles. The zero-order valence-corrected chi connectivity index (χ0v) is 9.17. The molecule has 3 nitrogen and oxygen atoms in total. The van der Waals surface area contributed by atoms with E-state index in [0.29, 0.717) is 0 Å². The van der Waals surface area contributed by atoms with Crippen LogP contribution in [0.25, 0.3) is 0 Å². The van der Waals surface area contributed by atoms with E-state index in [9.17, 15) is 0 Å². The molecule has 0 aromatic carbocycles. The van der Waals surface area contributed by atoms with Gasteiger partial charge in [0, 0.05) is 19.7 Å². The summed E-state index contributed by atoms with van der Waals surface area (Å²) in [6.45, 7) is 7.52. The van der Waals surface area contributed by atoms with Gasteiger partial charge >= 0.3 is 0 Å². The van der Waals surface area contributed by atoms with E-state index in [1.807, 2.05) is 0 Å². The van der Waals surface area contributed by atoms with Gasteiger partial charge in [-0.15, -0.1) is 0 Å². The van der Waals surface area contributed by atoms with Crippen LogP contribution in [0.1, 0.15) is 26.2 Å². The number of nitrogens with two attached hydrogens (primary N) is 1. The Morgan fingerprint density at radius 3 is 3.00 bits per heavy atom. The minimum Gasteiger partial charge on any atom is -0.374 e. The van der Waals surface area contributed by atoms with E-state index in [2.05, 4.69) is 11.8 Å². The minimum atomic E-state index is 0.128. The van der Waals surface area contributed by atoms with Crippen molar-refractivity contribution in [1.82, 2.24) is 4.90 Å². The fraction of sp³-hybridized carbons (Fsp3) is 1.00. The van der Waals surface area contributed by atoms with E-state index in [1.165, 1.54) is 32.4 Å². The lowest BCUT2D eigenvalue weighted by Gasteiger charge is -2.29. The second kappa shape index (κ2) is 4.17. The van der Waals surface area contributed by atoms with E-state index in [-0.39, 0.29) is 5.60 Å². The highest BCUT2D eigenvalue weighted by molar-refractivity contribution is 4.87. The van der Waals surface area contributed by atoms with Crippen molar-refractivity contribution in [2.24, 2.45) is 11.7 Å². The van der Waals surface area contributed by atoms with E-state index >= 15 is 0 Å². The molecule has 2 heterocycles. The van der Waals surface area contributed by atoms with Crippen molar-refractivity contribution < 1.29 is 4.74 Å². The molecule has 0 amide bonds. The minimum absolute atomic E-state index is 0.128. The fourth-order valence-corrected chi connectivity index (χ4v) is 2.68. The highest BCUT2D eigenvalue weighted by Gasteiger charge is 2.34. The lowest BCUT2D eigenvalue weighted by atomic mass is 10.0. The second-order valence-electron chi connectivity index (χ2n) is 5.03. The van der Waals surface area contributed by atoms with Gasteiger partial charge in [0.2, 0.25) is 0 Å². The van der Waals surface area contributed by atoms with Crippen LogP contribution in [0.4, 0.5) is 0 Å². The smallest absolute Gasteiger partial charge is 0.0781 e. The fourth-order valence-electron chi connectivity index (χ4n) is 2.68. The number of hydrogen-bond acceptors (Lipinski definition) is 3. The largest absolute Gasteiger partial charge is 0.374 e. The van der Waals surface area contributed by atoms with E-state index in [0.717, 1.165) is 25.6 Å². The van der Waals surface area contributed by atoms with Gasteiger partial charge in [-0.25, -0.2) is 0 Å². The van der Waals surface area contributed by atoms with Crippen LogP contribution in [-0.2, 0) is 4.74 Å². The third kappa shape index (κ3) is 2.27. The monoisotopic (exact) mass is 198 g/mol. The number of rotatable bonds is 3. The first-order valence-corrected chi connectivity index (χ1v) is 5.78. The van der Waals surface area contributed by atoms with Gasteiger partial charge in [0.1, 0.15) is 0 Å². The Morgan fingerprint density at radius 2 is 2.43 bits per heavy atom. The van der Waals surface area contributed by atoms with Crippen molar-refractivity contribution in [2.45, 2.75) is 31.8 Å². The molecule has 82 valence electrons. The molecule has 2 unspecified atom stereocenters. The maximum Gasteiger partial charge on any atom is 0.0781 e. The van der Waals surface area contributed by atoms with Gasteiger partial charge in [-0.3, -0.25) is 0 Å².